The second-order valence-corrected chi connectivity index (χ2v) is 9.37. The molecule has 4 rings (SSSR count). The van der Waals surface area contributed by atoms with Gasteiger partial charge in [0.15, 0.2) is 0 Å². The van der Waals surface area contributed by atoms with Gasteiger partial charge in [-0.25, -0.2) is 0 Å². The van der Waals surface area contributed by atoms with Gasteiger partial charge in [-0.3, -0.25) is 14.5 Å². The van der Waals surface area contributed by atoms with Crippen LogP contribution in [0.3, 0.4) is 0 Å². The minimum atomic E-state index is 0.159. The van der Waals surface area contributed by atoms with E-state index < -0.39 is 0 Å². The van der Waals surface area contributed by atoms with E-state index in [1.54, 1.807) is 0 Å². The third kappa shape index (κ3) is 5.00. The van der Waals surface area contributed by atoms with Crippen molar-refractivity contribution in [1.29, 1.82) is 0 Å². The molecule has 158 valence electrons. The third-order valence-corrected chi connectivity index (χ3v) is 6.91. The Kier molecular flexibility index (Phi) is 6.23. The Hall–Kier alpha value is -1.88. The molecule has 2 saturated heterocycles. The number of piperazine rings is 1. The topological polar surface area (TPSA) is 43.9 Å². The number of likely N-dealkylation sites (tertiary alicyclic amines) is 1. The van der Waals surface area contributed by atoms with Crippen molar-refractivity contribution in [2.45, 2.75) is 52.0 Å². The van der Waals surface area contributed by atoms with Gasteiger partial charge in [0.2, 0.25) is 5.91 Å². The minimum absolute atomic E-state index is 0.159. The molecule has 5 heteroatoms. The quantitative estimate of drug-likeness (QED) is 0.767. The van der Waals surface area contributed by atoms with Crippen LogP contribution in [-0.2, 0) is 11.2 Å². The van der Waals surface area contributed by atoms with Crippen molar-refractivity contribution < 1.29 is 9.59 Å². The fourth-order valence-electron chi connectivity index (χ4n) is 4.69. The summed E-state index contributed by atoms with van der Waals surface area (Å²) in [6, 6.07) is 8.79. The van der Waals surface area contributed by atoms with Crippen molar-refractivity contribution >= 4 is 11.8 Å². The maximum atomic E-state index is 12.8. The van der Waals surface area contributed by atoms with Gasteiger partial charge in [-0.2, -0.15) is 0 Å². The molecule has 0 spiro atoms. The SMILES string of the molecule is CC(C)N1CCN(C(=O)c2ccc(CC3CCN(C(=O)C4CC4)CC3)cc2)CC1. The molecule has 0 unspecified atom stereocenters. The molecule has 1 saturated carbocycles. The fraction of sp³-hybridized carbons (Fsp3) is 0.667. The Labute approximate surface area is 175 Å². The number of amides is 2. The molecule has 3 fully saturated rings. The largest absolute Gasteiger partial charge is 0.342 e. The highest BCUT2D eigenvalue weighted by Crippen LogP contribution is 2.33. The Morgan fingerprint density at radius 3 is 2.03 bits per heavy atom. The van der Waals surface area contributed by atoms with E-state index in [-0.39, 0.29) is 5.91 Å². The van der Waals surface area contributed by atoms with Crippen LogP contribution in [-0.4, -0.2) is 71.8 Å². The van der Waals surface area contributed by atoms with Gasteiger partial charge in [0.05, 0.1) is 0 Å². The first-order valence-electron chi connectivity index (χ1n) is 11.4. The van der Waals surface area contributed by atoms with E-state index in [1.165, 1.54) is 5.56 Å². The summed E-state index contributed by atoms with van der Waals surface area (Å²) in [5.41, 5.74) is 2.11. The van der Waals surface area contributed by atoms with Gasteiger partial charge >= 0.3 is 0 Å². The number of carbonyl (C=O) groups excluding carboxylic acids is 2. The fourth-order valence-corrected chi connectivity index (χ4v) is 4.69. The van der Waals surface area contributed by atoms with Gasteiger partial charge in [-0.1, -0.05) is 12.1 Å². The first-order valence-corrected chi connectivity index (χ1v) is 11.4. The highest BCUT2D eigenvalue weighted by Gasteiger charge is 2.34. The Morgan fingerprint density at radius 1 is 0.862 bits per heavy atom. The lowest BCUT2D eigenvalue weighted by Gasteiger charge is -2.37. The third-order valence-electron chi connectivity index (χ3n) is 6.91. The molecular weight excluding hydrogens is 362 g/mol. The van der Waals surface area contributed by atoms with Gasteiger partial charge in [-0.15, -0.1) is 0 Å². The molecule has 0 N–H and O–H groups in total. The molecule has 5 nitrogen and oxygen atoms in total. The monoisotopic (exact) mass is 397 g/mol. The summed E-state index contributed by atoms with van der Waals surface area (Å²) < 4.78 is 0. The predicted octanol–water partition coefficient (Wildman–Crippen LogP) is 3.04. The van der Waals surface area contributed by atoms with Gasteiger partial charge in [-0.05, 0) is 69.6 Å². The van der Waals surface area contributed by atoms with Crippen LogP contribution in [0.2, 0.25) is 0 Å². The molecule has 1 aromatic rings. The molecule has 2 aliphatic heterocycles. The maximum Gasteiger partial charge on any atom is 0.253 e. The molecule has 0 aromatic heterocycles. The zero-order chi connectivity index (χ0) is 20.4. The van der Waals surface area contributed by atoms with Gasteiger partial charge in [0.25, 0.3) is 5.91 Å². The zero-order valence-electron chi connectivity index (χ0n) is 18.0. The van der Waals surface area contributed by atoms with E-state index in [2.05, 4.69) is 35.8 Å². The molecular formula is C24H35N3O2. The van der Waals surface area contributed by atoms with Crippen molar-refractivity contribution in [3.8, 4) is 0 Å². The van der Waals surface area contributed by atoms with Crippen LogP contribution in [0.25, 0.3) is 0 Å². The lowest BCUT2D eigenvalue weighted by Crippen LogP contribution is -2.50. The summed E-state index contributed by atoms with van der Waals surface area (Å²) in [6.45, 7) is 9.81. The van der Waals surface area contributed by atoms with E-state index in [4.69, 9.17) is 0 Å². The van der Waals surface area contributed by atoms with Crippen LogP contribution in [0.5, 0.6) is 0 Å². The average molecular weight is 398 g/mol. The number of hydrogen-bond acceptors (Lipinski definition) is 3. The molecule has 2 amide bonds. The van der Waals surface area contributed by atoms with Crippen LogP contribution in [0.15, 0.2) is 24.3 Å². The zero-order valence-corrected chi connectivity index (χ0v) is 18.0. The smallest absolute Gasteiger partial charge is 0.253 e. The molecule has 2 heterocycles. The van der Waals surface area contributed by atoms with Crippen molar-refractivity contribution in [2.75, 3.05) is 39.3 Å². The van der Waals surface area contributed by atoms with Crippen LogP contribution in [0, 0.1) is 11.8 Å². The first-order chi connectivity index (χ1) is 14.0. The summed E-state index contributed by atoms with van der Waals surface area (Å²) in [6.07, 6.45) is 5.43. The molecule has 0 radical (unpaired) electrons. The van der Waals surface area contributed by atoms with Crippen molar-refractivity contribution in [3.63, 3.8) is 0 Å². The van der Waals surface area contributed by atoms with Gasteiger partial charge in [0, 0.05) is 56.8 Å². The lowest BCUT2D eigenvalue weighted by atomic mass is 9.89. The molecule has 29 heavy (non-hydrogen) atoms. The van der Waals surface area contributed by atoms with Crippen molar-refractivity contribution in [1.82, 2.24) is 14.7 Å². The molecule has 1 aromatic carbocycles. The standard InChI is InChI=1S/C24H35N3O2/c1-18(2)25-13-15-27(16-14-25)24(29)21-5-3-19(4-6-21)17-20-9-11-26(12-10-20)23(28)22-7-8-22/h3-6,18,20,22H,7-17H2,1-2H3. The molecule has 3 aliphatic rings. The second kappa shape index (κ2) is 8.86. The van der Waals surface area contributed by atoms with Gasteiger partial charge < -0.3 is 9.80 Å². The summed E-state index contributed by atoms with van der Waals surface area (Å²) in [5, 5.41) is 0. The van der Waals surface area contributed by atoms with Crippen molar-refractivity contribution in [2.24, 2.45) is 11.8 Å². The van der Waals surface area contributed by atoms with E-state index in [0.717, 1.165) is 76.9 Å². The molecule has 1 aliphatic carbocycles. The first kappa shape index (κ1) is 20.4. The Bertz CT molecular complexity index is 710. The van der Waals surface area contributed by atoms with E-state index in [1.807, 2.05) is 17.0 Å². The van der Waals surface area contributed by atoms with Crippen LogP contribution in [0.4, 0.5) is 0 Å². The minimum Gasteiger partial charge on any atom is -0.342 e. The lowest BCUT2D eigenvalue weighted by molar-refractivity contribution is -0.133. The van der Waals surface area contributed by atoms with Crippen LogP contribution >= 0.6 is 0 Å². The number of piperidine rings is 1. The number of carbonyl (C=O) groups is 2. The highest BCUT2D eigenvalue weighted by molar-refractivity contribution is 5.94. The van der Waals surface area contributed by atoms with Crippen molar-refractivity contribution in [3.05, 3.63) is 35.4 Å². The number of nitrogens with zero attached hydrogens (tertiary/aromatic N) is 3. The second-order valence-electron chi connectivity index (χ2n) is 9.37. The van der Waals surface area contributed by atoms with Gasteiger partial charge in [0.1, 0.15) is 0 Å². The van der Waals surface area contributed by atoms with Crippen LogP contribution < -0.4 is 0 Å². The average Bonchev–Trinajstić information content (AvgIpc) is 3.59. The Balaban J connectivity index is 1.25. The van der Waals surface area contributed by atoms with E-state index >= 15 is 0 Å². The molecule has 0 bridgehead atoms. The number of hydrogen-bond donors (Lipinski definition) is 0. The number of benzene rings is 1. The predicted molar refractivity (Wildman–Crippen MR) is 115 cm³/mol. The highest BCUT2D eigenvalue weighted by atomic mass is 16.2. The Morgan fingerprint density at radius 2 is 1.48 bits per heavy atom. The number of rotatable bonds is 5. The summed E-state index contributed by atoms with van der Waals surface area (Å²) >= 11 is 0. The van der Waals surface area contributed by atoms with E-state index in [9.17, 15) is 9.59 Å². The summed E-state index contributed by atoms with van der Waals surface area (Å²) in [4.78, 5) is 31.5. The summed E-state index contributed by atoms with van der Waals surface area (Å²) in [5.74, 6) is 1.53. The summed E-state index contributed by atoms with van der Waals surface area (Å²) in [7, 11) is 0. The normalized spacial score (nSPS) is 21.6. The maximum absolute atomic E-state index is 12.8. The molecule has 0 atom stereocenters. The van der Waals surface area contributed by atoms with Crippen LogP contribution in [0.1, 0.15) is 55.5 Å². The van der Waals surface area contributed by atoms with E-state index in [0.29, 0.717) is 23.8 Å².